The predicted octanol–water partition coefficient (Wildman–Crippen LogP) is 10.8. The van der Waals surface area contributed by atoms with Crippen molar-refractivity contribution < 1.29 is 34.1 Å². The van der Waals surface area contributed by atoms with Gasteiger partial charge < -0.3 is 68.5 Å². The molecule has 2 aromatic rings. The van der Waals surface area contributed by atoms with E-state index in [-0.39, 0.29) is 75.7 Å². The summed E-state index contributed by atoms with van der Waals surface area (Å²) >= 11 is 0. The van der Waals surface area contributed by atoms with Crippen molar-refractivity contribution >= 4 is 5.71 Å². The van der Waals surface area contributed by atoms with Gasteiger partial charge in [0, 0.05) is 34.1 Å². The minimum Gasteiger partial charge on any atom is -0.813 e. The van der Waals surface area contributed by atoms with E-state index in [1.807, 2.05) is 77.9 Å². The molecule has 0 fully saturated rings. The fraction of sp³-hybridized carbons (Fsp3) is 0.324. The number of hydrogen-bond acceptors (Lipinski definition) is 0. The number of hydrogen-bond donors (Lipinski definition) is 0. The van der Waals surface area contributed by atoms with E-state index < -0.39 is 0 Å². The summed E-state index contributed by atoms with van der Waals surface area (Å²) in [6, 6.07) is 18.2. The van der Waals surface area contributed by atoms with Gasteiger partial charge >= 0.3 is 0 Å². The Kier molecular flexibility index (Phi) is 53.3. The molecule has 0 aliphatic carbocycles. The van der Waals surface area contributed by atoms with Crippen molar-refractivity contribution in [1.82, 2.24) is 0 Å². The van der Waals surface area contributed by atoms with Crippen LogP contribution in [0.4, 0.5) is 0 Å². The van der Waals surface area contributed by atoms with Crippen molar-refractivity contribution in [3.05, 3.63) is 151 Å². The Labute approximate surface area is 262 Å². The van der Waals surface area contributed by atoms with Crippen molar-refractivity contribution in [2.24, 2.45) is 0 Å². The monoisotopic (exact) mass is 600 g/mol. The largest absolute Gasteiger partial charge is 0.813 e. The molecule has 2 nitrogen and oxygen atoms in total. The molecule has 0 heterocycles. The molecule has 2 rings (SSSR count). The summed E-state index contributed by atoms with van der Waals surface area (Å²) in [5, 5.41) is 9.56. The number of nitrogens with zero attached hydrogens (tertiary/aromatic N) is 1. The molecule has 226 valence electrons. The maximum Gasteiger partial charge on any atom is 0 e. The van der Waals surface area contributed by atoms with E-state index in [0.717, 1.165) is 28.7 Å². The number of allylic oxidation sites excluding steroid dienone is 2. The van der Waals surface area contributed by atoms with E-state index in [1.54, 1.807) is 6.08 Å². The third kappa shape index (κ3) is 21.6. The second kappa shape index (κ2) is 35.7. The zero-order valence-electron chi connectivity index (χ0n) is 25.8. The fourth-order valence-corrected chi connectivity index (χ4v) is 2.57. The molecule has 4 heteroatoms. The molecule has 1 N–H and O–H groups in total. The predicted molar refractivity (Wildman–Crippen MR) is 170 cm³/mol. The summed E-state index contributed by atoms with van der Waals surface area (Å²) in [6.45, 7) is 27.2. The van der Waals surface area contributed by atoms with Gasteiger partial charge in [-0.05, 0) is 6.92 Å². The average molecular weight is 601 g/mol. The SMILES string of the molecule is CC.CC.[CH2-]Cc1[c-]c(C([CH2-])/C([NH-])=C\C)ccc1.[CH2-]Cc1[c-]c(C([CH2-])C(=[N-])CC)ccc1.[CH3-].[CH3-].[CH3-].[CH3-].[Mn].[Mn]. The van der Waals surface area contributed by atoms with Gasteiger partial charge in [0.2, 0.25) is 0 Å². The first-order valence-electron chi connectivity index (χ1n) is 11.6. The average Bonchev–Trinajstić information content (AvgIpc) is 2.89. The van der Waals surface area contributed by atoms with E-state index in [4.69, 9.17) is 5.73 Å². The molecule has 0 spiro atoms. The van der Waals surface area contributed by atoms with Gasteiger partial charge in [-0.1, -0.05) is 41.0 Å². The first-order valence-corrected chi connectivity index (χ1v) is 11.6. The summed E-state index contributed by atoms with van der Waals surface area (Å²) in [5.41, 5.74) is 12.6. The van der Waals surface area contributed by atoms with E-state index in [0.29, 0.717) is 24.3 Å². The van der Waals surface area contributed by atoms with Gasteiger partial charge in [-0.3, -0.25) is 0 Å². The van der Waals surface area contributed by atoms with Crippen LogP contribution < -0.4 is 0 Å². The molecule has 0 bridgehead atoms. The van der Waals surface area contributed by atoms with Gasteiger partial charge in [0.25, 0.3) is 0 Å². The molecule has 0 amide bonds. The van der Waals surface area contributed by atoms with Crippen LogP contribution in [0.15, 0.2) is 48.2 Å². The van der Waals surface area contributed by atoms with Gasteiger partial charge in [0.1, 0.15) is 0 Å². The normalized spacial score (nSPS) is 10.1. The van der Waals surface area contributed by atoms with Crippen LogP contribution in [0.1, 0.15) is 82.1 Å². The molecule has 2 aromatic carbocycles. The van der Waals surface area contributed by atoms with Crippen molar-refractivity contribution in [1.29, 1.82) is 0 Å². The maximum absolute atomic E-state index is 9.56. The first kappa shape index (κ1) is 56.8. The van der Waals surface area contributed by atoms with E-state index in [9.17, 15) is 5.41 Å². The molecule has 0 aromatic heterocycles. The summed E-state index contributed by atoms with van der Waals surface area (Å²) in [5.74, 6) is -0.294. The van der Waals surface area contributed by atoms with Gasteiger partial charge in [-0.15, -0.1) is 6.08 Å². The van der Waals surface area contributed by atoms with Gasteiger partial charge in [-0.2, -0.15) is 101 Å². The number of rotatable bonds is 7. The molecule has 0 saturated heterocycles. The molecule has 0 saturated carbocycles. The van der Waals surface area contributed by atoms with Crippen LogP contribution in [-0.4, -0.2) is 5.71 Å². The summed E-state index contributed by atoms with van der Waals surface area (Å²) in [7, 11) is 0. The summed E-state index contributed by atoms with van der Waals surface area (Å²) in [4.78, 5) is 0. The molecule has 2 atom stereocenters. The van der Waals surface area contributed by atoms with E-state index in [1.165, 1.54) is 0 Å². The Morgan fingerprint density at radius 1 is 0.816 bits per heavy atom. The van der Waals surface area contributed by atoms with Crippen LogP contribution in [0.3, 0.4) is 0 Å². The number of benzene rings is 2. The van der Waals surface area contributed by atoms with Gasteiger partial charge in [0.05, 0.1) is 0 Å². The third-order valence-electron chi connectivity index (χ3n) is 4.50. The second-order valence-corrected chi connectivity index (χ2v) is 6.46. The van der Waals surface area contributed by atoms with Gasteiger partial charge in [0.15, 0.2) is 0 Å². The van der Waals surface area contributed by atoms with Crippen LogP contribution >= 0.6 is 0 Å². The molecule has 0 aliphatic rings. The summed E-state index contributed by atoms with van der Waals surface area (Å²) in [6.07, 6.45) is 3.84. The molecule has 38 heavy (non-hydrogen) atoms. The van der Waals surface area contributed by atoms with E-state index >= 15 is 0 Å². The quantitative estimate of drug-likeness (QED) is 0.172. The second-order valence-electron chi connectivity index (χ2n) is 6.46. The minimum atomic E-state index is -0.175. The standard InChI is InChI=1S/2C13H15N.2C2H6.4CH3.2Mn/c2*1-4-11-7-6-8-12(9-11)10(3)13(14)5-2;2*1-2;;;;;;/h6-8,10H,1,3-5H2,2H3;5-8,10,14H,1,3-4H2,2H3;2*1-2H3;4*1H3;;/q2*-4;;;4*-1;;/b;13-5+;;;;;;;;. The molecular weight excluding hydrogens is 546 g/mol. The fourth-order valence-electron chi connectivity index (χ4n) is 2.57. The van der Waals surface area contributed by atoms with Gasteiger partial charge in [-0.25, -0.2) is 5.71 Å². The number of nitrogens with one attached hydrogen (secondary N) is 1. The molecule has 2 radical (unpaired) electrons. The van der Waals surface area contributed by atoms with Crippen LogP contribution in [-0.2, 0) is 47.0 Å². The van der Waals surface area contributed by atoms with Crippen molar-refractivity contribution in [2.75, 3.05) is 0 Å². The Morgan fingerprint density at radius 3 is 1.45 bits per heavy atom. The van der Waals surface area contributed by atoms with Crippen LogP contribution in [0.2, 0.25) is 0 Å². The van der Waals surface area contributed by atoms with E-state index in [2.05, 4.69) is 39.8 Å². The summed E-state index contributed by atoms with van der Waals surface area (Å²) < 4.78 is 0. The van der Waals surface area contributed by atoms with Crippen LogP contribution in [0, 0.1) is 69.5 Å². The maximum atomic E-state index is 9.56. The van der Waals surface area contributed by atoms with Crippen molar-refractivity contribution in [3.63, 3.8) is 0 Å². The Hall–Kier alpha value is -1.31. The topological polar surface area (TPSA) is 46.1 Å². The molecule has 2 unspecified atom stereocenters. The smallest absolute Gasteiger partial charge is 0 e. The molecular formula is C34H54Mn2N2-12. The molecule has 0 aliphatic heterocycles. The zero-order valence-corrected chi connectivity index (χ0v) is 28.2. The van der Waals surface area contributed by atoms with Crippen molar-refractivity contribution in [3.8, 4) is 0 Å². The van der Waals surface area contributed by atoms with Crippen LogP contribution in [0.25, 0.3) is 11.1 Å². The first-order chi connectivity index (χ1) is 15.4. The Morgan fingerprint density at radius 2 is 1.16 bits per heavy atom. The third-order valence-corrected chi connectivity index (χ3v) is 4.50. The Bertz CT molecular complexity index is 786. The minimum absolute atomic E-state index is 0. The zero-order chi connectivity index (χ0) is 25.1. The Balaban J connectivity index is -0.0000000611. The van der Waals surface area contributed by atoms with Crippen LogP contribution in [0.5, 0.6) is 0 Å². The van der Waals surface area contributed by atoms with Crippen molar-refractivity contribution in [2.45, 2.75) is 72.6 Å².